The second-order valence-corrected chi connectivity index (χ2v) is 6.07. The van der Waals surface area contributed by atoms with Gasteiger partial charge in [-0.05, 0) is 32.2 Å². The third-order valence-corrected chi connectivity index (χ3v) is 4.48. The van der Waals surface area contributed by atoms with Crippen LogP contribution in [-0.2, 0) is 9.53 Å². The average Bonchev–Trinajstić information content (AvgIpc) is 2.33. The van der Waals surface area contributed by atoms with Crippen LogP contribution in [0, 0.1) is 5.92 Å². The minimum atomic E-state index is -0.275. The van der Waals surface area contributed by atoms with Crippen LogP contribution in [0.4, 0.5) is 0 Å². The molecule has 1 amide bonds. The van der Waals surface area contributed by atoms with E-state index in [4.69, 9.17) is 4.74 Å². The van der Waals surface area contributed by atoms with Crippen molar-refractivity contribution >= 4 is 5.91 Å². The number of hydrogen-bond acceptors (Lipinski definition) is 3. The summed E-state index contributed by atoms with van der Waals surface area (Å²) < 4.78 is 5.59. The third-order valence-electron chi connectivity index (χ3n) is 4.48. The van der Waals surface area contributed by atoms with E-state index in [1.54, 1.807) is 0 Å². The molecule has 2 rings (SSSR count). The molecule has 4 nitrogen and oxygen atoms in total. The Bertz CT molecular complexity index is 292. The monoisotopic (exact) mass is 268 g/mol. The molecular formula is C15H28N2O2. The van der Waals surface area contributed by atoms with Gasteiger partial charge in [0, 0.05) is 19.1 Å². The van der Waals surface area contributed by atoms with Crippen molar-refractivity contribution in [3.05, 3.63) is 0 Å². The van der Waals surface area contributed by atoms with Crippen LogP contribution in [0.15, 0.2) is 0 Å². The molecule has 1 heterocycles. The fraction of sp³-hybridized carbons (Fsp3) is 0.933. The summed E-state index contributed by atoms with van der Waals surface area (Å²) in [5.74, 6) is 0.802. The van der Waals surface area contributed by atoms with E-state index in [0.29, 0.717) is 18.6 Å². The number of carbonyl (C=O) groups excluding carboxylic acids is 1. The van der Waals surface area contributed by atoms with Crippen molar-refractivity contribution in [3.8, 4) is 0 Å². The van der Waals surface area contributed by atoms with E-state index in [2.05, 4.69) is 17.1 Å². The lowest BCUT2D eigenvalue weighted by Gasteiger charge is -2.36. The molecule has 0 bridgehead atoms. The van der Waals surface area contributed by atoms with Crippen molar-refractivity contribution in [2.75, 3.05) is 26.7 Å². The number of carbonyl (C=O) groups is 1. The molecule has 1 aliphatic heterocycles. The number of ether oxygens (including phenoxy) is 1. The molecule has 0 spiro atoms. The molecule has 1 aliphatic carbocycles. The van der Waals surface area contributed by atoms with Gasteiger partial charge < -0.3 is 15.0 Å². The van der Waals surface area contributed by atoms with E-state index in [1.165, 1.54) is 32.1 Å². The van der Waals surface area contributed by atoms with Crippen LogP contribution in [0.1, 0.15) is 45.4 Å². The Balaban J connectivity index is 1.82. The molecule has 0 aromatic heterocycles. The predicted octanol–water partition coefficient (Wildman–Crippen LogP) is 1.79. The molecule has 1 saturated carbocycles. The molecule has 2 atom stereocenters. The minimum Gasteiger partial charge on any atom is -0.366 e. The molecule has 0 aromatic rings. The van der Waals surface area contributed by atoms with Crippen molar-refractivity contribution < 1.29 is 9.53 Å². The summed E-state index contributed by atoms with van der Waals surface area (Å²) in [6.45, 7) is 4.51. The number of amides is 1. The fourth-order valence-electron chi connectivity index (χ4n) is 2.90. The maximum absolute atomic E-state index is 12.3. The van der Waals surface area contributed by atoms with E-state index < -0.39 is 0 Å². The van der Waals surface area contributed by atoms with Gasteiger partial charge in [0.1, 0.15) is 6.10 Å². The summed E-state index contributed by atoms with van der Waals surface area (Å²) in [5, 5.41) is 3.25. The number of nitrogens with one attached hydrogen (secondary N) is 1. The zero-order valence-corrected chi connectivity index (χ0v) is 12.4. The largest absolute Gasteiger partial charge is 0.366 e. The minimum absolute atomic E-state index is 0.0968. The third kappa shape index (κ3) is 4.18. The van der Waals surface area contributed by atoms with Gasteiger partial charge in [-0.15, -0.1) is 0 Å². The first-order chi connectivity index (χ1) is 9.20. The SMILES string of the molecule is CCCC[C@@H](NC(=O)[C@H]1CN(C)CCO1)C1CCC1. The highest BCUT2D eigenvalue weighted by Gasteiger charge is 2.31. The molecule has 0 radical (unpaired) electrons. The maximum Gasteiger partial charge on any atom is 0.250 e. The van der Waals surface area contributed by atoms with Gasteiger partial charge in [-0.25, -0.2) is 0 Å². The maximum atomic E-state index is 12.3. The smallest absolute Gasteiger partial charge is 0.250 e. The molecule has 1 N–H and O–H groups in total. The van der Waals surface area contributed by atoms with Gasteiger partial charge in [0.15, 0.2) is 0 Å². The van der Waals surface area contributed by atoms with Gasteiger partial charge in [-0.3, -0.25) is 4.79 Å². The van der Waals surface area contributed by atoms with E-state index in [1.807, 2.05) is 7.05 Å². The lowest BCUT2D eigenvalue weighted by atomic mass is 9.78. The number of hydrogen-bond donors (Lipinski definition) is 1. The Morgan fingerprint density at radius 1 is 1.47 bits per heavy atom. The molecular weight excluding hydrogens is 240 g/mol. The van der Waals surface area contributed by atoms with Crippen LogP contribution in [0.5, 0.6) is 0 Å². The summed E-state index contributed by atoms with van der Waals surface area (Å²) in [6, 6.07) is 0.372. The van der Waals surface area contributed by atoms with Gasteiger partial charge in [-0.2, -0.15) is 0 Å². The highest BCUT2D eigenvalue weighted by molar-refractivity contribution is 5.81. The Hall–Kier alpha value is -0.610. The van der Waals surface area contributed by atoms with Gasteiger partial charge in [0.25, 0.3) is 5.91 Å². The number of unbranched alkanes of at least 4 members (excludes halogenated alkanes) is 1. The summed E-state index contributed by atoms with van der Waals surface area (Å²) in [6.07, 6.45) is 7.12. The molecule has 2 aliphatic rings. The normalized spacial score (nSPS) is 26.7. The second-order valence-electron chi connectivity index (χ2n) is 6.07. The topological polar surface area (TPSA) is 41.6 Å². The van der Waals surface area contributed by atoms with E-state index in [9.17, 15) is 4.79 Å². The van der Waals surface area contributed by atoms with Crippen molar-refractivity contribution in [2.24, 2.45) is 5.92 Å². The first-order valence-electron chi connectivity index (χ1n) is 7.81. The molecule has 4 heteroatoms. The Kier molecular flexibility index (Phi) is 5.64. The summed E-state index contributed by atoms with van der Waals surface area (Å²) in [7, 11) is 2.04. The highest BCUT2D eigenvalue weighted by atomic mass is 16.5. The molecule has 19 heavy (non-hydrogen) atoms. The van der Waals surface area contributed by atoms with Crippen molar-refractivity contribution in [1.82, 2.24) is 10.2 Å². The lowest BCUT2D eigenvalue weighted by Crippen LogP contribution is -2.52. The van der Waals surface area contributed by atoms with Crippen molar-refractivity contribution in [1.29, 1.82) is 0 Å². The number of nitrogens with zero attached hydrogens (tertiary/aromatic N) is 1. The molecule has 0 aromatic carbocycles. The fourth-order valence-corrected chi connectivity index (χ4v) is 2.90. The molecule has 1 saturated heterocycles. The Morgan fingerprint density at radius 2 is 2.26 bits per heavy atom. The van der Waals surface area contributed by atoms with E-state index in [-0.39, 0.29) is 12.0 Å². The summed E-state index contributed by atoms with van der Waals surface area (Å²) in [5.41, 5.74) is 0. The first-order valence-corrected chi connectivity index (χ1v) is 7.81. The molecule has 2 fully saturated rings. The average molecular weight is 268 g/mol. The first kappa shape index (κ1) is 14.8. The van der Waals surface area contributed by atoms with Gasteiger partial charge in [0.2, 0.25) is 0 Å². The second kappa shape index (κ2) is 7.25. The van der Waals surface area contributed by atoms with Crippen molar-refractivity contribution in [2.45, 2.75) is 57.6 Å². The highest BCUT2D eigenvalue weighted by Crippen LogP contribution is 2.31. The zero-order valence-electron chi connectivity index (χ0n) is 12.4. The van der Waals surface area contributed by atoms with Crippen LogP contribution in [0.2, 0.25) is 0 Å². The van der Waals surface area contributed by atoms with Crippen LogP contribution in [0.25, 0.3) is 0 Å². The quantitative estimate of drug-likeness (QED) is 0.798. The standard InChI is InChI=1S/C15H28N2O2/c1-3-4-8-13(12-6-5-7-12)16-15(18)14-11-17(2)9-10-19-14/h12-14H,3-11H2,1-2H3,(H,16,18)/t13-,14-/m1/s1. The zero-order chi connectivity index (χ0) is 13.7. The summed E-state index contributed by atoms with van der Waals surface area (Å²) >= 11 is 0. The van der Waals surface area contributed by atoms with Crippen LogP contribution in [-0.4, -0.2) is 49.7 Å². The van der Waals surface area contributed by atoms with Gasteiger partial charge in [0.05, 0.1) is 6.61 Å². The van der Waals surface area contributed by atoms with Gasteiger partial charge in [-0.1, -0.05) is 26.2 Å². The van der Waals surface area contributed by atoms with Crippen LogP contribution < -0.4 is 5.32 Å². The number of morpholine rings is 1. The predicted molar refractivity (Wildman–Crippen MR) is 76.0 cm³/mol. The lowest BCUT2D eigenvalue weighted by molar-refractivity contribution is -0.139. The number of likely N-dealkylation sites (N-methyl/N-ethyl adjacent to an activating group) is 1. The molecule has 110 valence electrons. The van der Waals surface area contributed by atoms with E-state index in [0.717, 1.165) is 19.5 Å². The number of rotatable bonds is 6. The molecule has 0 unspecified atom stereocenters. The Morgan fingerprint density at radius 3 is 2.84 bits per heavy atom. The van der Waals surface area contributed by atoms with Crippen LogP contribution >= 0.6 is 0 Å². The van der Waals surface area contributed by atoms with Crippen LogP contribution in [0.3, 0.4) is 0 Å². The van der Waals surface area contributed by atoms with E-state index >= 15 is 0 Å². The van der Waals surface area contributed by atoms with Crippen molar-refractivity contribution in [3.63, 3.8) is 0 Å². The Labute approximate surface area is 116 Å². The summed E-state index contributed by atoms with van der Waals surface area (Å²) in [4.78, 5) is 14.5. The van der Waals surface area contributed by atoms with Gasteiger partial charge >= 0.3 is 0 Å².